The Balaban J connectivity index is 1.28. The second-order valence-corrected chi connectivity index (χ2v) is 12.4. The van der Waals surface area contributed by atoms with Gasteiger partial charge >= 0.3 is 0 Å². The molecule has 4 nitrogen and oxygen atoms in total. The second-order valence-electron chi connectivity index (χ2n) is 12.4. The van der Waals surface area contributed by atoms with Crippen LogP contribution in [0.4, 0.5) is 0 Å². The first-order chi connectivity index (χ1) is 24.7. The van der Waals surface area contributed by atoms with Gasteiger partial charge in [0.25, 0.3) is 0 Å². The third-order valence-corrected chi connectivity index (χ3v) is 9.18. The molecular formula is C46H31N3O. The van der Waals surface area contributed by atoms with Gasteiger partial charge in [0.2, 0.25) is 0 Å². The van der Waals surface area contributed by atoms with E-state index in [2.05, 4.69) is 115 Å². The zero-order valence-electron chi connectivity index (χ0n) is 27.4. The first-order valence-corrected chi connectivity index (χ1v) is 16.8. The molecule has 236 valence electrons. The third-order valence-electron chi connectivity index (χ3n) is 9.18. The van der Waals surface area contributed by atoms with Gasteiger partial charge in [-0.25, -0.2) is 15.0 Å². The van der Waals surface area contributed by atoms with Crippen molar-refractivity contribution in [3.63, 3.8) is 0 Å². The Morgan fingerprint density at radius 3 is 2.06 bits per heavy atom. The molecule has 0 radical (unpaired) electrons. The van der Waals surface area contributed by atoms with E-state index in [1.54, 1.807) is 0 Å². The van der Waals surface area contributed by atoms with E-state index in [9.17, 15) is 0 Å². The minimum Gasteiger partial charge on any atom is -0.456 e. The fraction of sp³-hybridized carbons (Fsp3) is 0.0217. The zero-order valence-corrected chi connectivity index (χ0v) is 27.4. The second kappa shape index (κ2) is 12.4. The van der Waals surface area contributed by atoms with Crippen LogP contribution in [0.5, 0.6) is 0 Å². The standard InChI is InChI=1S/C46H31N3O/c1-2-13-35(27-30-24-25-31-14-6-7-17-33(31)26-30)45-47-44(32-15-4-3-5-16-32)48-46(49-45)36-28-34-18-8-9-19-37(34)40(29-36)38-21-12-23-42-43(38)39-20-10-11-22-41(39)50-42/h2-29H,1H3/b13-2-,35-27+. The summed E-state index contributed by atoms with van der Waals surface area (Å²) < 4.78 is 6.30. The van der Waals surface area contributed by atoms with Crippen molar-refractivity contribution in [2.24, 2.45) is 0 Å². The molecule has 0 saturated carbocycles. The van der Waals surface area contributed by atoms with Crippen LogP contribution in [-0.4, -0.2) is 15.0 Å². The SMILES string of the molecule is C/C=C\C(=C/c1ccc2ccccc2c1)c1nc(-c2ccccc2)nc(-c2cc(-c3cccc4oc5ccccc5c34)c3ccccc3c2)n1. The van der Waals surface area contributed by atoms with E-state index in [0.717, 1.165) is 66.1 Å². The molecule has 7 aromatic carbocycles. The summed E-state index contributed by atoms with van der Waals surface area (Å²) >= 11 is 0. The van der Waals surface area contributed by atoms with E-state index >= 15 is 0 Å². The van der Waals surface area contributed by atoms with E-state index in [1.807, 2.05) is 61.5 Å². The number of hydrogen-bond donors (Lipinski definition) is 0. The maximum atomic E-state index is 6.30. The topological polar surface area (TPSA) is 51.8 Å². The summed E-state index contributed by atoms with van der Waals surface area (Å²) in [6, 6.07) is 52.5. The number of aromatic nitrogens is 3. The van der Waals surface area contributed by atoms with E-state index in [0.29, 0.717) is 17.5 Å². The molecule has 4 heteroatoms. The van der Waals surface area contributed by atoms with Gasteiger partial charge in [0, 0.05) is 27.5 Å². The molecule has 0 aliphatic rings. The van der Waals surface area contributed by atoms with Crippen LogP contribution in [0.15, 0.2) is 168 Å². The molecule has 0 aliphatic heterocycles. The summed E-state index contributed by atoms with van der Waals surface area (Å²) in [6.07, 6.45) is 6.25. The normalized spacial score (nSPS) is 12.1. The van der Waals surface area contributed by atoms with Crippen molar-refractivity contribution in [1.82, 2.24) is 15.0 Å². The predicted molar refractivity (Wildman–Crippen MR) is 208 cm³/mol. The van der Waals surface area contributed by atoms with Gasteiger partial charge in [-0.1, -0.05) is 133 Å². The van der Waals surface area contributed by atoms with Crippen LogP contribution in [0.25, 0.3) is 89.0 Å². The van der Waals surface area contributed by atoms with Crippen molar-refractivity contribution >= 4 is 55.1 Å². The van der Waals surface area contributed by atoms with Gasteiger partial charge in [-0.05, 0) is 81.6 Å². The molecule has 0 bridgehead atoms. The molecule has 0 aliphatic carbocycles. The van der Waals surface area contributed by atoms with Crippen LogP contribution in [0.3, 0.4) is 0 Å². The van der Waals surface area contributed by atoms with Crippen molar-refractivity contribution in [2.45, 2.75) is 6.92 Å². The Kier molecular flexibility index (Phi) is 7.33. The van der Waals surface area contributed by atoms with Crippen LogP contribution in [0.1, 0.15) is 18.3 Å². The van der Waals surface area contributed by atoms with Gasteiger partial charge in [0.05, 0.1) is 0 Å². The highest BCUT2D eigenvalue weighted by atomic mass is 16.3. The fourth-order valence-electron chi connectivity index (χ4n) is 6.86. The minimum absolute atomic E-state index is 0.609. The van der Waals surface area contributed by atoms with Crippen molar-refractivity contribution in [2.75, 3.05) is 0 Å². The van der Waals surface area contributed by atoms with E-state index < -0.39 is 0 Å². The van der Waals surface area contributed by atoms with Crippen LogP contribution >= 0.6 is 0 Å². The molecular weight excluding hydrogens is 611 g/mol. The first kappa shape index (κ1) is 29.5. The number of nitrogens with zero attached hydrogens (tertiary/aromatic N) is 3. The molecule has 0 unspecified atom stereocenters. The molecule has 2 heterocycles. The Morgan fingerprint density at radius 2 is 1.22 bits per heavy atom. The van der Waals surface area contributed by atoms with Crippen molar-refractivity contribution in [3.05, 3.63) is 175 Å². The molecule has 0 fully saturated rings. The smallest absolute Gasteiger partial charge is 0.164 e. The molecule has 2 aromatic heterocycles. The van der Waals surface area contributed by atoms with Crippen molar-refractivity contribution in [1.29, 1.82) is 0 Å². The first-order valence-electron chi connectivity index (χ1n) is 16.8. The highest BCUT2D eigenvalue weighted by Gasteiger charge is 2.18. The quantitative estimate of drug-likeness (QED) is 0.170. The minimum atomic E-state index is 0.609. The number of benzene rings is 7. The van der Waals surface area contributed by atoms with Crippen LogP contribution < -0.4 is 0 Å². The van der Waals surface area contributed by atoms with Gasteiger partial charge in [0.1, 0.15) is 11.2 Å². The van der Waals surface area contributed by atoms with E-state index in [1.165, 1.54) is 10.8 Å². The van der Waals surface area contributed by atoms with Gasteiger partial charge in [-0.15, -0.1) is 0 Å². The largest absolute Gasteiger partial charge is 0.456 e. The monoisotopic (exact) mass is 641 g/mol. The number of hydrogen-bond acceptors (Lipinski definition) is 4. The van der Waals surface area contributed by atoms with E-state index in [-0.39, 0.29) is 0 Å². The molecule has 0 saturated heterocycles. The van der Waals surface area contributed by atoms with Gasteiger partial charge in [-0.3, -0.25) is 0 Å². The summed E-state index contributed by atoms with van der Waals surface area (Å²) in [7, 11) is 0. The van der Waals surface area contributed by atoms with Crippen LogP contribution in [0.2, 0.25) is 0 Å². The van der Waals surface area contributed by atoms with Crippen molar-refractivity contribution < 1.29 is 4.42 Å². The third kappa shape index (κ3) is 5.33. The molecule has 0 N–H and O–H groups in total. The van der Waals surface area contributed by atoms with Crippen LogP contribution in [-0.2, 0) is 0 Å². The van der Waals surface area contributed by atoms with Crippen LogP contribution in [0, 0.1) is 0 Å². The van der Waals surface area contributed by atoms with Crippen molar-refractivity contribution in [3.8, 4) is 33.9 Å². The number of fused-ring (bicyclic) bond motifs is 5. The molecule has 0 spiro atoms. The zero-order chi connectivity index (χ0) is 33.4. The highest BCUT2D eigenvalue weighted by Crippen LogP contribution is 2.41. The summed E-state index contributed by atoms with van der Waals surface area (Å²) in [5.74, 6) is 1.84. The maximum Gasteiger partial charge on any atom is 0.164 e. The highest BCUT2D eigenvalue weighted by molar-refractivity contribution is 6.15. The number of para-hydroxylation sites is 1. The van der Waals surface area contributed by atoms with Gasteiger partial charge < -0.3 is 4.42 Å². The average Bonchev–Trinajstić information content (AvgIpc) is 3.56. The summed E-state index contributed by atoms with van der Waals surface area (Å²) in [4.78, 5) is 15.4. The summed E-state index contributed by atoms with van der Waals surface area (Å²) in [6.45, 7) is 2.02. The number of allylic oxidation sites excluding steroid dienone is 3. The predicted octanol–water partition coefficient (Wildman–Crippen LogP) is 12.2. The summed E-state index contributed by atoms with van der Waals surface area (Å²) in [5.41, 5.74) is 7.76. The Hall–Kier alpha value is -6.65. The molecule has 50 heavy (non-hydrogen) atoms. The maximum absolute atomic E-state index is 6.30. The lowest BCUT2D eigenvalue weighted by molar-refractivity contribution is 0.669. The lowest BCUT2D eigenvalue weighted by Gasteiger charge is -2.13. The molecule has 0 amide bonds. The Bertz CT molecular complexity index is 2770. The average molecular weight is 642 g/mol. The number of rotatable bonds is 6. The lowest BCUT2D eigenvalue weighted by Crippen LogP contribution is -2.02. The molecule has 0 atom stereocenters. The molecule has 9 rings (SSSR count). The Morgan fingerprint density at radius 1 is 0.520 bits per heavy atom. The van der Waals surface area contributed by atoms with Gasteiger partial charge in [-0.2, -0.15) is 0 Å². The Labute approximate surface area is 289 Å². The van der Waals surface area contributed by atoms with Gasteiger partial charge in [0.15, 0.2) is 17.5 Å². The fourth-order valence-corrected chi connectivity index (χ4v) is 6.86. The molecule has 9 aromatic rings. The lowest BCUT2D eigenvalue weighted by atomic mass is 9.92. The summed E-state index contributed by atoms with van der Waals surface area (Å²) in [5, 5.41) is 6.84. The van der Waals surface area contributed by atoms with E-state index in [4.69, 9.17) is 19.4 Å². The number of furan rings is 1.